The highest BCUT2D eigenvalue weighted by Gasteiger charge is 2.08. The van der Waals surface area contributed by atoms with Gasteiger partial charge in [-0.15, -0.1) is 0 Å². The summed E-state index contributed by atoms with van der Waals surface area (Å²) in [6, 6.07) is 2.55. The van der Waals surface area contributed by atoms with E-state index in [2.05, 4.69) is 43.8 Å². The zero-order valence-corrected chi connectivity index (χ0v) is 33.0. The van der Waals surface area contributed by atoms with Crippen LogP contribution in [0.2, 0.25) is 0 Å². The molecule has 0 N–H and O–H groups in total. The van der Waals surface area contributed by atoms with Crippen molar-refractivity contribution in [3.63, 3.8) is 0 Å². The molecule has 1 rings (SSSR count). The molecule has 47 heavy (non-hydrogen) atoms. The molecule has 1 aromatic rings. The first-order valence-electron chi connectivity index (χ1n) is 22.3. The van der Waals surface area contributed by atoms with E-state index in [-0.39, 0.29) is 0 Å². The molecule has 1 nitrogen and oxygen atoms in total. The van der Waals surface area contributed by atoms with E-state index in [1.807, 2.05) is 0 Å². The predicted molar refractivity (Wildman–Crippen MR) is 213 cm³/mol. The van der Waals surface area contributed by atoms with E-state index in [1.165, 1.54) is 244 Å². The lowest BCUT2D eigenvalue weighted by molar-refractivity contribution is -0.697. The third-order valence-corrected chi connectivity index (χ3v) is 10.7. The lowest BCUT2D eigenvalue weighted by atomic mass is 10.0. The Bertz CT molecular complexity index is 682. The maximum Gasteiger partial charge on any atom is 0.171 e. The number of hydrogen-bond acceptors (Lipinski definition) is 0. The van der Waals surface area contributed by atoms with Crippen molar-refractivity contribution in [2.24, 2.45) is 0 Å². The molecule has 1 heteroatoms. The fourth-order valence-corrected chi connectivity index (χ4v) is 7.54. The van der Waals surface area contributed by atoms with Crippen molar-refractivity contribution in [2.45, 2.75) is 265 Å². The minimum Gasteiger partial charge on any atom is -0.205 e. The zero-order chi connectivity index (χ0) is 33.7. The Kier molecular flexibility index (Phi) is 34.2. The van der Waals surface area contributed by atoms with Crippen LogP contribution in [-0.2, 0) is 19.4 Å². The standard InChI is InChI=1S/C46H88N/c1-4-7-9-11-13-15-17-19-21-23-25-27-29-31-33-35-37-39-45-42-46(44-47(43-45)41-6-3)40-38-36-34-32-30-28-26-24-22-20-18-16-14-12-10-8-5-2/h42-44H,4-41H2,1-3H3/q+1. The number of aryl methyl sites for hydroxylation is 3. The lowest BCUT2D eigenvalue weighted by Crippen LogP contribution is -2.34. The van der Waals surface area contributed by atoms with Crippen LogP contribution in [0.4, 0.5) is 0 Å². The molecular weight excluding hydrogens is 567 g/mol. The van der Waals surface area contributed by atoms with Crippen LogP contribution in [0.1, 0.15) is 257 Å². The van der Waals surface area contributed by atoms with E-state index in [9.17, 15) is 0 Å². The molecule has 0 bridgehead atoms. The highest BCUT2D eigenvalue weighted by molar-refractivity contribution is 5.15. The second kappa shape index (κ2) is 36.4. The highest BCUT2D eigenvalue weighted by Crippen LogP contribution is 2.17. The predicted octanol–water partition coefficient (Wildman–Crippen LogP) is 15.8. The molecule has 276 valence electrons. The summed E-state index contributed by atoms with van der Waals surface area (Å²) in [4.78, 5) is 0. The number of hydrogen-bond donors (Lipinski definition) is 0. The largest absolute Gasteiger partial charge is 0.205 e. The van der Waals surface area contributed by atoms with E-state index in [0.29, 0.717) is 0 Å². The number of unbranched alkanes of at least 4 members (excludes halogenated alkanes) is 32. The van der Waals surface area contributed by atoms with Gasteiger partial charge in [0.05, 0.1) is 0 Å². The lowest BCUT2D eigenvalue weighted by Gasteiger charge is -2.07. The van der Waals surface area contributed by atoms with E-state index < -0.39 is 0 Å². The van der Waals surface area contributed by atoms with E-state index in [0.717, 1.165) is 0 Å². The number of pyridine rings is 1. The molecule has 0 spiro atoms. The Morgan fingerprint density at radius 2 is 0.532 bits per heavy atom. The summed E-state index contributed by atoms with van der Waals surface area (Å²) in [6.07, 6.45) is 58.0. The molecule has 0 aliphatic heterocycles. The molecule has 0 aromatic carbocycles. The zero-order valence-electron chi connectivity index (χ0n) is 33.0. The molecule has 0 aliphatic carbocycles. The maximum absolute atomic E-state index is 2.55. The second-order valence-electron chi connectivity index (χ2n) is 15.6. The molecule has 0 amide bonds. The van der Waals surface area contributed by atoms with Gasteiger partial charge in [-0.3, -0.25) is 0 Å². The summed E-state index contributed by atoms with van der Waals surface area (Å²) in [5.41, 5.74) is 3.17. The summed E-state index contributed by atoms with van der Waals surface area (Å²) in [7, 11) is 0. The number of rotatable bonds is 38. The minimum atomic E-state index is 1.17. The van der Waals surface area contributed by atoms with E-state index in [1.54, 1.807) is 11.1 Å². The quantitative estimate of drug-likeness (QED) is 0.0493. The first-order valence-corrected chi connectivity index (χ1v) is 22.3. The Morgan fingerprint density at radius 3 is 0.766 bits per heavy atom. The van der Waals surface area contributed by atoms with Gasteiger partial charge in [-0.1, -0.05) is 226 Å². The second-order valence-corrected chi connectivity index (χ2v) is 15.6. The van der Waals surface area contributed by atoms with Crippen LogP contribution in [0, 0.1) is 0 Å². The molecule has 0 radical (unpaired) electrons. The Morgan fingerprint density at radius 1 is 0.298 bits per heavy atom. The van der Waals surface area contributed by atoms with Crippen molar-refractivity contribution in [3.05, 3.63) is 29.6 Å². The Balaban J connectivity index is 2.00. The van der Waals surface area contributed by atoms with Crippen molar-refractivity contribution in [2.75, 3.05) is 0 Å². The van der Waals surface area contributed by atoms with Gasteiger partial charge in [0.15, 0.2) is 12.4 Å². The highest BCUT2D eigenvalue weighted by atomic mass is 14.9. The van der Waals surface area contributed by atoms with Gasteiger partial charge in [0.25, 0.3) is 0 Å². The van der Waals surface area contributed by atoms with Gasteiger partial charge in [0, 0.05) is 17.5 Å². The summed E-state index contributed by atoms with van der Waals surface area (Å²) < 4.78 is 2.49. The first kappa shape index (κ1) is 44.2. The molecule has 0 atom stereocenters. The van der Waals surface area contributed by atoms with Gasteiger partial charge < -0.3 is 0 Å². The van der Waals surface area contributed by atoms with Gasteiger partial charge >= 0.3 is 0 Å². The van der Waals surface area contributed by atoms with Crippen LogP contribution in [-0.4, -0.2) is 0 Å². The van der Waals surface area contributed by atoms with Gasteiger partial charge in [-0.05, 0) is 31.7 Å². The van der Waals surface area contributed by atoms with Crippen molar-refractivity contribution in [1.29, 1.82) is 0 Å². The fourth-order valence-electron chi connectivity index (χ4n) is 7.54. The number of aromatic nitrogens is 1. The third kappa shape index (κ3) is 30.9. The maximum atomic E-state index is 2.55. The summed E-state index contributed by atoms with van der Waals surface area (Å²) in [5.74, 6) is 0. The first-order chi connectivity index (χ1) is 23.3. The van der Waals surface area contributed by atoms with Crippen LogP contribution >= 0.6 is 0 Å². The molecular formula is C46H88N+. The van der Waals surface area contributed by atoms with E-state index in [4.69, 9.17) is 0 Å². The minimum absolute atomic E-state index is 1.17. The summed E-state index contributed by atoms with van der Waals surface area (Å²) in [5, 5.41) is 0. The van der Waals surface area contributed by atoms with Gasteiger partial charge in [0.1, 0.15) is 6.54 Å². The summed E-state index contributed by atoms with van der Waals surface area (Å²) >= 11 is 0. The van der Waals surface area contributed by atoms with Gasteiger partial charge in [-0.2, -0.15) is 0 Å². The van der Waals surface area contributed by atoms with Gasteiger partial charge in [0.2, 0.25) is 0 Å². The third-order valence-electron chi connectivity index (χ3n) is 10.7. The molecule has 0 saturated carbocycles. The average molecular weight is 655 g/mol. The molecule has 0 saturated heterocycles. The smallest absolute Gasteiger partial charge is 0.171 e. The summed E-state index contributed by atoms with van der Waals surface area (Å²) in [6.45, 7) is 8.10. The Hall–Kier alpha value is -0.850. The number of nitrogens with zero attached hydrogens (tertiary/aromatic N) is 1. The average Bonchev–Trinajstić information content (AvgIpc) is 3.07. The molecule has 0 aliphatic rings. The molecule has 0 unspecified atom stereocenters. The van der Waals surface area contributed by atoms with Crippen LogP contribution in [0.25, 0.3) is 0 Å². The molecule has 0 fully saturated rings. The Labute approximate surface area is 298 Å². The van der Waals surface area contributed by atoms with Gasteiger partial charge in [-0.25, -0.2) is 4.57 Å². The molecule has 1 heterocycles. The van der Waals surface area contributed by atoms with E-state index >= 15 is 0 Å². The monoisotopic (exact) mass is 655 g/mol. The van der Waals surface area contributed by atoms with Crippen LogP contribution in [0.5, 0.6) is 0 Å². The topological polar surface area (TPSA) is 3.88 Å². The van der Waals surface area contributed by atoms with Crippen molar-refractivity contribution >= 4 is 0 Å². The van der Waals surface area contributed by atoms with Crippen LogP contribution in [0.3, 0.4) is 0 Å². The van der Waals surface area contributed by atoms with Crippen molar-refractivity contribution in [3.8, 4) is 0 Å². The fraction of sp³-hybridized carbons (Fsp3) is 0.891. The molecule has 1 aromatic heterocycles. The SMILES string of the molecule is CCCCCCCCCCCCCCCCCCCc1cc(CCCCCCCCCCCCCCCCCCC)c[n+](CCC)c1. The van der Waals surface area contributed by atoms with Crippen LogP contribution < -0.4 is 4.57 Å². The van der Waals surface area contributed by atoms with Crippen molar-refractivity contribution < 1.29 is 4.57 Å². The van der Waals surface area contributed by atoms with Crippen molar-refractivity contribution in [1.82, 2.24) is 0 Å². The normalized spacial score (nSPS) is 11.6. The van der Waals surface area contributed by atoms with Crippen LogP contribution in [0.15, 0.2) is 18.5 Å².